The molecule has 0 aromatic rings. The van der Waals surface area contributed by atoms with E-state index in [1.807, 2.05) is 0 Å². The summed E-state index contributed by atoms with van der Waals surface area (Å²) in [4.78, 5) is 2.56. The molecular weight excluding hydrogens is 236 g/mol. The number of hydrogen-bond donors (Lipinski definition) is 2. The molecule has 1 aliphatic rings. The zero-order valence-corrected chi connectivity index (χ0v) is 13.2. The van der Waals surface area contributed by atoms with Gasteiger partial charge in [0.15, 0.2) is 0 Å². The molecule has 2 unspecified atom stereocenters. The summed E-state index contributed by atoms with van der Waals surface area (Å²) >= 11 is 0. The van der Waals surface area contributed by atoms with E-state index in [0.29, 0.717) is 18.1 Å². The summed E-state index contributed by atoms with van der Waals surface area (Å²) < 4.78 is 0. The molecule has 3 heteroatoms. The molecule has 0 saturated carbocycles. The lowest BCUT2D eigenvalue weighted by atomic mass is 9.84. The fourth-order valence-corrected chi connectivity index (χ4v) is 3.40. The lowest BCUT2D eigenvalue weighted by Crippen LogP contribution is -2.47. The Hall–Kier alpha value is -0.120. The zero-order chi connectivity index (χ0) is 14.1. The highest BCUT2D eigenvalue weighted by Gasteiger charge is 2.29. The van der Waals surface area contributed by atoms with Crippen molar-refractivity contribution in [2.75, 3.05) is 32.8 Å². The Morgan fingerprint density at radius 2 is 2.05 bits per heavy atom. The topological polar surface area (TPSA) is 35.5 Å². The second kappa shape index (κ2) is 8.93. The average Bonchev–Trinajstić information content (AvgIpc) is 2.61. The van der Waals surface area contributed by atoms with Crippen molar-refractivity contribution in [3.63, 3.8) is 0 Å². The Kier molecular flexibility index (Phi) is 7.96. The molecule has 0 aliphatic carbocycles. The maximum absolute atomic E-state index is 9.63. The van der Waals surface area contributed by atoms with Crippen LogP contribution in [-0.4, -0.2) is 48.8 Å². The summed E-state index contributed by atoms with van der Waals surface area (Å²) in [5.41, 5.74) is 0.336. The Bertz CT molecular complexity index is 235. The maximum Gasteiger partial charge on any atom is 0.0586 e. The molecule has 1 saturated heterocycles. The molecule has 0 radical (unpaired) electrons. The summed E-state index contributed by atoms with van der Waals surface area (Å²) in [6.45, 7) is 11.6. The van der Waals surface area contributed by atoms with Gasteiger partial charge in [0.2, 0.25) is 0 Å². The van der Waals surface area contributed by atoms with E-state index >= 15 is 0 Å². The van der Waals surface area contributed by atoms with Crippen LogP contribution >= 0.6 is 0 Å². The summed E-state index contributed by atoms with van der Waals surface area (Å²) in [6, 6.07) is 0.389. The highest BCUT2D eigenvalue weighted by molar-refractivity contribution is 4.84. The number of aliphatic hydroxyl groups is 1. The quantitative estimate of drug-likeness (QED) is 0.712. The predicted octanol–water partition coefficient (Wildman–Crippen LogP) is 2.64. The minimum absolute atomic E-state index is 0.323. The third kappa shape index (κ3) is 5.80. The normalized spacial score (nSPS) is 24.9. The Balaban J connectivity index is 2.63. The van der Waals surface area contributed by atoms with E-state index < -0.39 is 0 Å². The van der Waals surface area contributed by atoms with Gasteiger partial charge in [0.1, 0.15) is 0 Å². The van der Waals surface area contributed by atoms with Gasteiger partial charge in [-0.05, 0) is 37.8 Å². The average molecular weight is 270 g/mol. The number of rotatable bonds is 8. The molecule has 0 spiro atoms. The van der Waals surface area contributed by atoms with E-state index in [1.54, 1.807) is 0 Å². The molecule has 0 aromatic carbocycles. The molecule has 0 bridgehead atoms. The molecule has 19 heavy (non-hydrogen) atoms. The second-order valence-electron chi connectivity index (χ2n) is 6.50. The van der Waals surface area contributed by atoms with Gasteiger partial charge in [-0.15, -0.1) is 0 Å². The summed E-state index contributed by atoms with van der Waals surface area (Å²) in [6.07, 6.45) is 7.55. The predicted molar refractivity (Wildman–Crippen MR) is 82.5 cm³/mol. The molecule has 0 amide bonds. The largest absolute Gasteiger partial charge is 0.395 e. The van der Waals surface area contributed by atoms with E-state index in [-0.39, 0.29) is 0 Å². The number of aliphatic hydroxyl groups excluding tert-OH is 1. The van der Waals surface area contributed by atoms with Crippen LogP contribution in [0, 0.1) is 5.41 Å². The van der Waals surface area contributed by atoms with Crippen LogP contribution in [-0.2, 0) is 0 Å². The zero-order valence-electron chi connectivity index (χ0n) is 13.2. The van der Waals surface area contributed by atoms with Crippen molar-refractivity contribution in [3.05, 3.63) is 0 Å². The van der Waals surface area contributed by atoms with E-state index in [9.17, 15) is 5.11 Å². The van der Waals surface area contributed by atoms with Gasteiger partial charge < -0.3 is 10.4 Å². The second-order valence-corrected chi connectivity index (χ2v) is 6.50. The number of hydrogen-bond acceptors (Lipinski definition) is 3. The van der Waals surface area contributed by atoms with Crippen molar-refractivity contribution in [2.45, 2.75) is 65.3 Å². The number of nitrogens with zero attached hydrogens (tertiary/aromatic N) is 1. The van der Waals surface area contributed by atoms with Gasteiger partial charge in [0, 0.05) is 19.1 Å². The molecule has 3 nitrogen and oxygen atoms in total. The Morgan fingerprint density at radius 1 is 1.26 bits per heavy atom. The standard InChI is InChI=1S/C16H34N2O/c1-4-10-16(3,13-17-5-2)14-18-11-8-6-7-9-15(18)12-19/h15,17,19H,4-14H2,1-3H3. The van der Waals surface area contributed by atoms with E-state index in [4.69, 9.17) is 0 Å². The van der Waals surface area contributed by atoms with Crippen LogP contribution in [0.15, 0.2) is 0 Å². The first-order chi connectivity index (χ1) is 9.15. The maximum atomic E-state index is 9.63. The van der Waals surface area contributed by atoms with Gasteiger partial charge in [-0.25, -0.2) is 0 Å². The molecule has 1 heterocycles. The Labute approximate surface area is 119 Å². The number of nitrogens with one attached hydrogen (secondary N) is 1. The molecule has 0 aromatic heterocycles. The Morgan fingerprint density at radius 3 is 2.68 bits per heavy atom. The lowest BCUT2D eigenvalue weighted by molar-refractivity contribution is 0.0758. The van der Waals surface area contributed by atoms with Crippen LogP contribution in [0.2, 0.25) is 0 Å². The molecule has 2 N–H and O–H groups in total. The molecule has 2 atom stereocenters. The van der Waals surface area contributed by atoms with Gasteiger partial charge in [-0.2, -0.15) is 0 Å². The van der Waals surface area contributed by atoms with Gasteiger partial charge in [-0.3, -0.25) is 4.90 Å². The molecule has 1 rings (SSSR count). The van der Waals surface area contributed by atoms with Crippen LogP contribution in [0.3, 0.4) is 0 Å². The third-order valence-electron chi connectivity index (χ3n) is 4.45. The van der Waals surface area contributed by atoms with Crippen LogP contribution in [0.5, 0.6) is 0 Å². The van der Waals surface area contributed by atoms with Gasteiger partial charge >= 0.3 is 0 Å². The van der Waals surface area contributed by atoms with Crippen molar-refractivity contribution < 1.29 is 5.11 Å². The fraction of sp³-hybridized carbons (Fsp3) is 1.00. The van der Waals surface area contributed by atoms with E-state index in [0.717, 1.165) is 26.2 Å². The smallest absolute Gasteiger partial charge is 0.0586 e. The van der Waals surface area contributed by atoms with Crippen LogP contribution in [0.1, 0.15) is 59.3 Å². The highest BCUT2D eigenvalue weighted by Crippen LogP contribution is 2.27. The monoisotopic (exact) mass is 270 g/mol. The van der Waals surface area contributed by atoms with Gasteiger partial charge in [0.25, 0.3) is 0 Å². The summed E-state index contributed by atoms with van der Waals surface area (Å²) in [7, 11) is 0. The van der Waals surface area contributed by atoms with Crippen LogP contribution < -0.4 is 5.32 Å². The van der Waals surface area contributed by atoms with Crippen LogP contribution in [0.4, 0.5) is 0 Å². The summed E-state index contributed by atoms with van der Waals surface area (Å²) in [5.74, 6) is 0. The molecule has 1 aliphatic heterocycles. The first-order valence-electron chi connectivity index (χ1n) is 8.21. The lowest BCUT2D eigenvalue weighted by Gasteiger charge is -2.38. The van der Waals surface area contributed by atoms with E-state index in [1.165, 1.54) is 38.5 Å². The SMILES string of the molecule is CCCC(C)(CNCC)CN1CCCCCC1CO. The van der Waals surface area contributed by atoms with Crippen molar-refractivity contribution in [1.29, 1.82) is 0 Å². The van der Waals surface area contributed by atoms with Crippen molar-refractivity contribution in [1.82, 2.24) is 10.2 Å². The fourth-order valence-electron chi connectivity index (χ4n) is 3.40. The number of likely N-dealkylation sites (tertiary alicyclic amines) is 1. The minimum Gasteiger partial charge on any atom is -0.395 e. The molecule has 114 valence electrons. The van der Waals surface area contributed by atoms with E-state index in [2.05, 4.69) is 31.0 Å². The first kappa shape index (κ1) is 16.9. The first-order valence-corrected chi connectivity index (χ1v) is 8.21. The van der Waals surface area contributed by atoms with Gasteiger partial charge in [-0.1, -0.05) is 40.0 Å². The van der Waals surface area contributed by atoms with Crippen molar-refractivity contribution in [3.8, 4) is 0 Å². The van der Waals surface area contributed by atoms with Crippen molar-refractivity contribution >= 4 is 0 Å². The molecule has 1 fully saturated rings. The van der Waals surface area contributed by atoms with Crippen molar-refractivity contribution in [2.24, 2.45) is 5.41 Å². The highest BCUT2D eigenvalue weighted by atomic mass is 16.3. The molecular formula is C16H34N2O. The summed E-state index contributed by atoms with van der Waals surface area (Å²) in [5, 5.41) is 13.2. The third-order valence-corrected chi connectivity index (χ3v) is 4.45. The van der Waals surface area contributed by atoms with Crippen LogP contribution in [0.25, 0.3) is 0 Å². The van der Waals surface area contributed by atoms with Gasteiger partial charge in [0.05, 0.1) is 6.61 Å². The minimum atomic E-state index is 0.323.